The zero-order valence-electron chi connectivity index (χ0n) is 20.2. The largest absolute Gasteiger partial charge is 0.460 e. The molecule has 246 valence electrons. The molecule has 0 amide bonds. The van der Waals surface area contributed by atoms with Crippen LogP contribution in [0.15, 0.2) is 0 Å². The highest BCUT2D eigenvalue weighted by atomic mass is 32.3. The van der Waals surface area contributed by atoms with Crippen molar-refractivity contribution in [3.05, 3.63) is 0 Å². The summed E-state index contributed by atoms with van der Waals surface area (Å²) < 4.78 is 257. The number of ketones is 1. The topological polar surface area (TPSA) is 60.4 Å². The van der Waals surface area contributed by atoms with Crippen molar-refractivity contribution in [3.8, 4) is 0 Å². The van der Waals surface area contributed by atoms with Gasteiger partial charge in [0.25, 0.3) is 0 Å². The molecule has 0 saturated heterocycles. The van der Waals surface area contributed by atoms with E-state index in [1.54, 1.807) is 0 Å². The van der Waals surface area contributed by atoms with Crippen LogP contribution >= 0.6 is 10.3 Å². The normalized spacial score (nSPS) is 20.5. The first-order valence-corrected chi connectivity index (χ1v) is 14.2. The van der Waals surface area contributed by atoms with E-state index in [0.29, 0.717) is 19.6 Å². The summed E-state index contributed by atoms with van der Waals surface area (Å²) in [5, 5.41) is -8.95. The predicted octanol–water partition coefficient (Wildman–Crippen LogP) is 7.57. The number of carbonyl (C=O) groups excluding carboxylic acids is 1. The number of halogens is 17. The van der Waals surface area contributed by atoms with Crippen LogP contribution < -0.4 is 0 Å². The van der Waals surface area contributed by atoms with E-state index in [1.165, 1.54) is 0 Å². The Balaban J connectivity index is 3.72. The first kappa shape index (κ1) is 37.8. The lowest BCUT2D eigenvalue weighted by molar-refractivity contribution is -0.458. The first-order chi connectivity index (χ1) is 17.7. The molecule has 0 aromatic heterocycles. The van der Waals surface area contributed by atoms with Gasteiger partial charge in [-0.2, -0.15) is 83.1 Å². The highest BCUT2D eigenvalue weighted by Crippen LogP contribution is 2.65. The summed E-state index contributed by atoms with van der Waals surface area (Å²) in [6, 6.07) is 0. The van der Waals surface area contributed by atoms with Crippen molar-refractivity contribution in [1.82, 2.24) is 0 Å². The minimum atomic E-state index is -8.92. The molecule has 1 aliphatic carbocycles. The molecule has 0 aromatic carbocycles. The predicted molar refractivity (Wildman–Crippen MR) is 107 cm³/mol. The molecule has 1 fully saturated rings. The minimum Gasteiger partial charge on any atom is -0.299 e. The van der Waals surface area contributed by atoms with E-state index in [4.69, 9.17) is 0 Å². The Morgan fingerprint density at radius 1 is 0.634 bits per heavy atom. The molecule has 41 heavy (non-hydrogen) atoms. The molecule has 0 N–H and O–H groups in total. The first-order valence-electron chi connectivity index (χ1n) is 10.6. The molecule has 23 heteroatoms. The summed E-state index contributed by atoms with van der Waals surface area (Å²) in [7, 11) is -11.6. The van der Waals surface area contributed by atoms with Crippen molar-refractivity contribution in [2.24, 2.45) is 0 Å². The van der Waals surface area contributed by atoms with Crippen molar-refractivity contribution in [2.45, 2.75) is 91.2 Å². The number of alkyl halides is 17. The minimum absolute atomic E-state index is 0.112. The van der Waals surface area contributed by atoms with Crippen LogP contribution in [-0.2, 0) is 18.5 Å². The molecule has 0 bridgehead atoms. The van der Waals surface area contributed by atoms with Crippen molar-refractivity contribution < 1.29 is 91.5 Å². The molecule has 0 spiro atoms. The lowest BCUT2D eigenvalue weighted by Crippen LogP contribution is -2.75. The Labute approximate surface area is 221 Å². The van der Waals surface area contributed by atoms with Crippen molar-refractivity contribution in [2.75, 3.05) is 12.0 Å². The van der Waals surface area contributed by atoms with Gasteiger partial charge in [0, 0.05) is 5.25 Å². The van der Waals surface area contributed by atoms with Crippen LogP contribution in [0.3, 0.4) is 0 Å². The number of hydrogen-bond donors (Lipinski definition) is 0. The van der Waals surface area contributed by atoms with Gasteiger partial charge in [0.2, 0.25) is 0 Å². The van der Waals surface area contributed by atoms with E-state index in [1.807, 2.05) is 0 Å². The Morgan fingerprint density at radius 2 is 0.976 bits per heavy atom. The summed E-state index contributed by atoms with van der Waals surface area (Å²) >= 11 is 0. The molecule has 1 atom stereocenters. The fourth-order valence-electron chi connectivity index (χ4n) is 3.72. The average molecular weight is 686 g/mol. The molecular weight excluding hydrogens is 667 g/mol. The molecule has 1 saturated carbocycles. The van der Waals surface area contributed by atoms with E-state index in [-0.39, 0.29) is 25.7 Å². The zero-order chi connectivity index (χ0) is 33.1. The van der Waals surface area contributed by atoms with Gasteiger partial charge in [0.15, 0.2) is 0 Å². The van der Waals surface area contributed by atoms with E-state index in [9.17, 15) is 87.8 Å². The maximum absolute atomic E-state index is 14.4. The summed E-state index contributed by atoms with van der Waals surface area (Å²) in [5.41, 5.74) is 0. The zero-order valence-corrected chi connectivity index (χ0v) is 21.8. The highest BCUT2D eigenvalue weighted by molar-refractivity contribution is 8.33. The van der Waals surface area contributed by atoms with E-state index in [0.717, 1.165) is 0 Å². The fraction of sp³-hybridized carbons (Fsp3) is 0.944. The molecule has 4 nitrogen and oxygen atoms in total. The van der Waals surface area contributed by atoms with Gasteiger partial charge in [-0.15, -0.1) is 10.3 Å². The maximum Gasteiger partial charge on any atom is 0.460 e. The Bertz CT molecular complexity index is 1080. The van der Waals surface area contributed by atoms with Gasteiger partial charge in [-0.25, -0.2) is 3.63 Å². The van der Waals surface area contributed by atoms with Gasteiger partial charge in [0.05, 0.1) is 5.75 Å². The third kappa shape index (κ3) is 5.70. The average Bonchev–Trinajstić information content (AvgIpc) is 2.77. The van der Waals surface area contributed by atoms with Gasteiger partial charge in [-0.1, -0.05) is 19.3 Å². The Hall–Kier alpha value is -1.26. The van der Waals surface area contributed by atoms with Crippen LogP contribution in [0, 0.1) is 0 Å². The van der Waals surface area contributed by atoms with E-state index in [2.05, 4.69) is 3.63 Å². The molecular formula is C18H19F17O4S2. The monoisotopic (exact) mass is 686 g/mol. The second-order valence-corrected chi connectivity index (χ2v) is 14.2. The number of rotatable bonds is 12. The van der Waals surface area contributed by atoms with Gasteiger partial charge in [0.1, 0.15) is 5.78 Å². The standard InChI is InChI=1S/C18H19F17O4S2/c1-9(36)8-40(2,10-6-4-3-5-7-10)39-41(37,38)18(34,35)16(29,30)14(25,26)12(21,22)11(19,20)13(23,24)15(27,28)17(31,32)33/h10H,3-8H2,1-2H3. The molecule has 1 unspecified atom stereocenters. The third-order valence-electron chi connectivity index (χ3n) is 6.00. The fourth-order valence-corrected chi connectivity index (χ4v) is 9.15. The SMILES string of the molecule is CC(=O)CS(C)(OS(=O)(=O)C(F)(F)C(F)(F)C(F)(F)C(F)(F)C(F)(F)C(F)(F)C(F)(F)C(F)(F)F)C1CCCCC1. The lowest BCUT2D eigenvalue weighted by Gasteiger charge is -2.45. The van der Waals surface area contributed by atoms with Gasteiger partial charge in [-0.05, 0) is 26.0 Å². The molecule has 1 aliphatic rings. The van der Waals surface area contributed by atoms with Crippen molar-refractivity contribution in [3.63, 3.8) is 0 Å². The van der Waals surface area contributed by atoms with Crippen LogP contribution in [0.1, 0.15) is 39.0 Å². The van der Waals surface area contributed by atoms with Gasteiger partial charge >= 0.3 is 57.1 Å². The maximum atomic E-state index is 14.4. The summed E-state index contributed by atoms with van der Waals surface area (Å²) in [4.78, 5) is 11.6. The third-order valence-corrected chi connectivity index (χ3v) is 11.7. The van der Waals surface area contributed by atoms with Gasteiger partial charge < -0.3 is 0 Å². The number of hydrogen-bond acceptors (Lipinski definition) is 4. The molecule has 1 rings (SSSR count). The summed E-state index contributed by atoms with van der Waals surface area (Å²) in [5.74, 6) is -54.2. The van der Waals surface area contributed by atoms with Crippen LogP contribution in [0.5, 0.6) is 0 Å². The highest BCUT2D eigenvalue weighted by Gasteiger charge is 2.96. The van der Waals surface area contributed by atoms with Crippen molar-refractivity contribution >= 4 is 26.2 Å². The lowest BCUT2D eigenvalue weighted by atomic mass is 9.91. The number of carbonyl (C=O) groups is 1. The van der Waals surface area contributed by atoms with E-state index >= 15 is 0 Å². The molecule has 0 aromatic rings. The smallest absolute Gasteiger partial charge is 0.299 e. The van der Waals surface area contributed by atoms with E-state index < -0.39 is 84.2 Å². The van der Waals surface area contributed by atoms with Crippen LogP contribution in [-0.4, -0.2) is 78.4 Å². The van der Waals surface area contributed by atoms with Gasteiger partial charge in [-0.3, -0.25) is 4.79 Å². The molecule has 0 radical (unpaired) electrons. The second-order valence-electron chi connectivity index (χ2n) is 9.16. The second kappa shape index (κ2) is 10.7. The molecule has 0 heterocycles. The summed E-state index contributed by atoms with van der Waals surface area (Å²) in [6.07, 6.45) is -6.61. The van der Waals surface area contributed by atoms with Crippen LogP contribution in [0.4, 0.5) is 74.6 Å². The van der Waals surface area contributed by atoms with Crippen molar-refractivity contribution in [1.29, 1.82) is 0 Å². The Kier molecular flexibility index (Phi) is 9.88. The van der Waals surface area contributed by atoms with Crippen LogP contribution in [0.2, 0.25) is 0 Å². The van der Waals surface area contributed by atoms with Crippen LogP contribution in [0.25, 0.3) is 0 Å². The molecule has 0 aliphatic heterocycles. The number of Topliss-reactive ketones (excluding diaryl/α,β-unsaturated/α-hetero) is 1. The quantitative estimate of drug-likeness (QED) is 0.199. The Morgan fingerprint density at radius 3 is 1.32 bits per heavy atom. The summed E-state index contributed by atoms with van der Waals surface area (Å²) in [6.45, 7) is 0.713.